The predicted molar refractivity (Wildman–Crippen MR) is 141 cm³/mol. The summed E-state index contributed by atoms with van der Waals surface area (Å²) in [7, 11) is 1.98. The lowest BCUT2D eigenvalue weighted by atomic mass is 9.86. The van der Waals surface area contributed by atoms with Crippen molar-refractivity contribution in [2.75, 3.05) is 39.8 Å². The number of likely N-dealkylation sites (tertiary alicyclic amines) is 1. The van der Waals surface area contributed by atoms with Gasteiger partial charge in [0.2, 0.25) is 0 Å². The number of alkyl halides is 4. The van der Waals surface area contributed by atoms with E-state index in [1.165, 1.54) is 23.9 Å². The lowest BCUT2D eigenvalue weighted by Gasteiger charge is -2.36. The zero-order chi connectivity index (χ0) is 26.3. The number of allylic oxidation sites excluding steroid dienone is 2. The van der Waals surface area contributed by atoms with E-state index in [4.69, 9.17) is 4.74 Å². The third kappa shape index (κ3) is 7.73. The molecule has 3 unspecified atom stereocenters. The number of rotatable bonds is 10. The van der Waals surface area contributed by atoms with Gasteiger partial charge in [-0.2, -0.15) is 8.78 Å². The van der Waals surface area contributed by atoms with Crippen LogP contribution in [0.4, 0.5) is 17.6 Å². The van der Waals surface area contributed by atoms with Crippen LogP contribution in [0.2, 0.25) is 0 Å². The molecule has 2 aliphatic rings. The van der Waals surface area contributed by atoms with Gasteiger partial charge < -0.3 is 15.4 Å². The average molecular weight is 530 g/mol. The lowest BCUT2D eigenvalue weighted by molar-refractivity contribution is -0.0505. The van der Waals surface area contributed by atoms with Crippen molar-refractivity contribution in [3.8, 4) is 5.75 Å². The summed E-state index contributed by atoms with van der Waals surface area (Å²) in [5, 5.41) is 6.13. The second-order valence-corrected chi connectivity index (χ2v) is 10.9. The number of halogens is 4. The summed E-state index contributed by atoms with van der Waals surface area (Å²) in [5.41, 5.74) is 0.887. The fourth-order valence-corrected chi connectivity index (χ4v) is 6.30. The molecule has 0 saturated carbocycles. The van der Waals surface area contributed by atoms with Crippen molar-refractivity contribution in [1.82, 2.24) is 15.5 Å². The highest BCUT2D eigenvalue weighted by Gasteiger charge is 2.42. The van der Waals surface area contributed by atoms with Gasteiger partial charge in [-0.25, -0.2) is 8.78 Å². The summed E-state index contributed by atoms with van der Waals surface area (Å²) in [6, 6.07) is 4.97. The number of benzene rings is 1. The van der Waals surface area contributed by atoms with Gasteiger partial charge in [0.15, 0.2) is 0 Å². The van der Waals surface area contributed by atoms with Crippen molar-refractivity contribution in [2.45, 2.75) is 64.5 Å². The van der Waals surface area contributed by atoms with E-state index < -0.39 is 18.5 Å². The summed E-state index contributed by atoms with van der Waals surface area (Å²) < 4.78 is 60.8. The molecular weight excluding hydrogens is 490 g/mol. The molecule has 1 aromatic carbocycles. The van der Waals surface area contributed by atoms with E-state index in [0.717, 1.165) is 35.9 Å². The molecule has 3 atom stereocenters. The fraction of sp³-hybridized carbons (Fsp3) is 0.630. The van der Waals surface area contributed by atoms with Gasteiger partial charge in [0.1, 0.15) is 5.75 Å². The van der Waals surface area contributed by atoms with E-state index in [-0.39, 0.29) is 18.7 Å². The van der Waals surface area contributed by atoms with Gasteiger partial charge in [-0.1, -0.05) is 43.8 Å². The maximum Gasteiger partial charge on any atom is 0.387 e. The van der Waals surface area contributed by atoms with Crippen LogP contribution in [0, 0.1) is 5.92 Å². The molecule has 0 aromatic heterocycles. The monoisotopic (exact) mass is 529 g/mol. The standard InChI is InChI=1S/C27H39F4N3OS/c1-5-7-25(36-21(6-2)16-34-14-18(3)12-20(15-34)32-4)22-13-19(8-9-24(22)35-26(28)29)23-10-11-33-17-27(23,30)31/h6-9,13,18,20,23,26,32-33H,5,10-12,14-17H2,1-4H3/b21-6-,25-7-. The van der Waals surface area contributed by atoms with E-state index >= 15 is 0 Å². The molecule has 2 fully saturated rings. The molecule has 0 radical (unpaired) electrons. The van der Waals surface area contributed by atoms with Crippen molar-refractivity contribution in [1.29, 1.82) is 0 Å². The van der Waals surface area contributed by atoms with Gasteiger partial charge in [0.25, 0.3) is 5.92 Å². The van der Waals surface area contributed by atoms with Gasteiger partial charge in [-0.15, -0.1) is 0 Å². The second-order valence-electron chi connectivity index (χ2n) is 9.77. The maximum atomic E-state index is 14.7. The zero-order valence-electron chi connectivity index (χ0n) is 21.6. The molecule has 9 heteroatoms. The smallest absolute Gasteiger partial charge is 0.387 e. The van der Waals surface area contributed by atoms with Crippen LogP contribution >= 0.6 is 11.8 Å². The number of ether oxygens (including phenoxy) is 1. The van der Waals surface area contributed by atoms with Crippen LogP contribution in [0.25, 0.3) is 4.91 Å². The molecule has 2 heterocycles. The Morgan fingerprint density at radius 3 is 2.75 bits per heavy atom. The number of thioether (sulfide) groups is 1. The van der Waals surface area contributed by atoms with Crippen molar-refractivity contribution in [3.05, 3.63) is 46.4 Å². The van der Waals surface area contributed by atoms with Crippen LogP contribution in [0.5, 0.6) is 5.75 Å². The number of piperidine rings is 2. The summed E-state index contributed by atoms with van der Waals surface area (Å²) >= 11 is 1.50. The topological polar surface area (TPSA) is 36.5 Å². The van der Waals surface area contributed by atoms with Crippen LogP contribution in [-0.2, 0) is 0 Å². The Labute approximate surface area is 216 Å². The Morgan fingerprint density at radius 2 is 2.11 bits per heavy atom. The van der Waals surface area contributed by atoms with Crippen molar-refractivity contribution in [2.24, 2.45) is 5.92 Å². The quantitative estimate of drug-likeness (QED) is 0.347. The second kappa shape index (κ2) is 13.3. The van der Waals surface area contributed by atoms with Gasteiger partial charge >= 0.3 is 6.61 Å². The number of nitrogens with one attached hydrogen (secondary N) is 2. The Hall–Kier alpha value is -1.55. The van der Waals surface area contributed by atoms with E-state index in [1.807, 2.05) is 33.0 Å². The van der Waals surface area contributed by atoms with Crippen LogP contribution in [0.1, 0.15) is 57.1 Å². The van der Waals surface area contributed by atoms with Crippen molar-refractivity contribution in [3.63, 3.8) is 0 Å². The molecule has 2 N–H and O–H groups in total. The largest absolute Gasteiger partial charge is 0.434 e. The third-order valence-electron chi connectivity index (χ3n) is 6.84. The molecule has 202 valence electrons. The molecule has 4 nitrogen and oxygen atoms in total. The lowest BCUT2D eigenvalue weighted by Crippen LogP contribution is -2.47. The minimum absolute atomic E-state index is 0.00972. The molecule has 3 rings (SSSR count). The molecule has 0 aliphatic carbocycles. The highest BCUT2D eigenvalue weighted by molar-refractivity contribution is 8.11. The number of hydrogen-bond donors (Lipinski definition) is 2. The molecule has 2 aliphatic heterocycles. The Balaban J connectivity index is 1.90. The van der Waals surface area contributed by atoms with Crippen LogP contribution in [0.3, 0.4) is 0 Å². The zero-order valence-corrected chi connectivity index (χ0v) is 22.4. The fourth-order valence-electron chi connectivity index (χ4n) is 5.14. The molecular formula is C27H39F4N3OS. The first-order chi connectivity index (χ1) is 17.2. The first kappa shape index (κ1) is 29.0. The number of nitrogens with zero attached hydrogens (tertiary/aromatic N) is 1. The van der Waals surface area contributed by atoms with Crippen LogP contribution in [-0.4, -0.2) is 63.2 Å². The van der Waals surface area contributed by atoms with Gasteiger partial charge in [-0.05, 0) is 68.3 Å². The molecule has 0 bridgehead atoms. The Morgan fingerprint density at radius 1 is 1.33 bits per heavy atom. The third-order valence-corrected chi connectivity index (χ3v) is 8.08. The molecule has 0 spiro atoms. The maximum absolute atomic E-state index is 14.7. The minimum atomic E-state index is -3.00. The Bertz CT molecular complexity index is 924. The molecule has 2 saturated heterocycles. The highest BCUT2D eigenvalue weighted by Crippen LogP contribution is 2.44. The Kier molecular flexibility index (Phi) is 10.7. The van der Waals surface area contributed by atoms with Crippen LogP contribution in [0.15, 0.2) is 35.3 Å². The van der Waals surface area contributed by atoms with Gasteiger partial charge in [0.05, 0.1) is 12.5 Å². The minimum Gasteiger partial charge on any atom is -0.434 e. The molecule has 0 amide bonds. The normalized spacial score (nSPS) is 25.9. The number of hydrogen-bond acceptors (Lipinski definition) is 5. The van der Waals surface area contributed by atoms with Crippen LogP contribution < -0.4 is 15.4 Å². The van der Waals surface area contributed by atoms with Gasteiger partial charge in [0, 0.05) is 36.1 Å². The van der Waals surface area contributed by atoms with Crippen molar-refractivity contribution < 1.29 is 22.3 Å². The van der Waals surface area contributed by atoms with Gasteiger partial charge in [-0.3, -0.25) is 4.90 Å². The number of likely N-dealkylation sites (N-methyl/N-ethyl adjacent to an activating group) is 1. The van der Waals surface area contributed by atoms with E-state index in [2.05, 4.69) is 22.5 Å². The molecule has 1 aromatic rings. The summed E-state index contributed by atoms with van der Waals surface area (Å²) in [5.74, 6) is -3.30. The summed E-state index contributed by atoms with van der Waals surface area (Å²) in [4.78, 5) is 4.24. The average Bonchev–Trinajstić information content (AvgIpc) is 2.82. The van der Waals surface area contributed by atoms with E-state index in [0.29, 0.717) is 36.1 Å². The van der Waals surface area contributed by atoms with Crippen molar-refractivity contribution >= 4 is 16.7 Å². The predicted octanol–water partition coefficient (Wildman–Crippen LogP) is 6.32. The van der Waals surface area contributed by atoms with E-state index in [1.54, 1.807) is 6.07 Å². The van der Waals surface area contributed by atoms with E-state index in [9.17, 15) is 17.6 Å². The first-order valence-corrected chi connectivity index (χ1v) is 13.6. The highest BCUT2D eigenvalue weighted by atomic mass is 32.2. The summed E-state index contributed by atoms with van der Waals surface area (Å²) in [6.07, 6.45) is 6.08. The summed E-state index contributed by atoms with van der Waals surface area (Å²) in [6.45, 7) is 5.95. The SMILES string of the molecule is C/C=C(/CN1CC(C)CC(NC)C1)S/C(=C\CC)c1cc(C2CCNCC2(F)F)ccc1OC(F)F. The molecule has 36 heavy (non-hydrogen) atoms. The first-order valence-electron chi connectivity index (χ1n) is 12.8.